The van der Waals surface area contributed by atoms with E-state index in [-0.39, 0.29) is 18.2 Å². The maximum atomic E-state index is 12.4. The molecule has 2 aliphatic heterocycles. The fourth-order valence-corrected chi connectivity index (χ4v) is 3.55. The van der Waals surface area contributed by atoms with Gasteiger partial charge in [-0.2, -0.15) is 0 Å². The van der Waals surface area contributed by atoms with E-state index in [1.807, 2.05) is 4.90 Å². The number of ether oxygens (including phenoxy) is 1. The molecule has 0 aromatic carbocycles. The molecule has 0 aliphatic carbocycles. The largest absolute Gasteiger partial charge is 0.378 e. The molecule has 2 rings (SSSR count). The zero-order valence-electron chi connectivity index (χ0n) is 13.8. The molecule has 0 aromatic heterocycles. The summed E-state index contributed by atoms with van der Waals surface area (Å²) in [5.41, 5.74) is 0. The number of likely N-dealkylation sites (tertiary alicyclic amines) is 2. The molecule has 2 fully saturated rings. The Morgan fingerprint density at radius 1 is 1.29 bits per heavy atom. The van der Waals surface area contributed by atoms with Gasteiger partial charge in [0.2, 0.25) is 0 Å². The second-order valence-corrected chi connectivity index (χ2v) is 6.16. The number of nitrogens with zero attached hydrogens (tertiary/aromatic N) is 3. The lowest BCUT2D eigenvalue weighted by molar-refractivity contribution is 0.0911. The van der Waals surface area contributed by atoms with Crippen LogP contribution in [0.15, 0.2) is 0 Å². The Kier molecular flexibility index (Phi) is 5.84. The van der Waals surface area contributed by atoms with Crippen molar-refractivity contribution < 1.29 is 9.53 Å². The van der Waals surface area contributed by atoms with Crippen molar-refractivity contribution in [1.82, 2.24) is 20.0 Å². The lowest BCUT2D eigenvalue weighted by Crippen LogP contribution is -2.49. The van der Waals surface area contributed by atoms with Crippen LogP contribution in [0.25, 0.3) is 0 Å². The quantitative estimate of drug-likeness (QED) is 0.800. The van der Waals surface area contributed by atoms with Gasteiger partial charge in [-0.05, 0) is 26.6 Å². The van der Waals surface area contributed by atoms with Crippen LogP contribution in [0.1, 0.15) is 20.3 Å². The smallest absolute Gasteiger partial charge is 0.317 e. The van der Waals surface area contributed by atoms with E-state index in [0.717, 1.165) is 45.7 Å². The Morgan fingerprint density at radius 3 is 2.62 bits per heavy atom. The van der Waals surface area contributed by atoms with Crippen molar-refractivity contribution in [3.8, 4) is 0 Å². The topological polar surface area (TPSA) is 48.0 Å². The summed E-state index contributed by atoms with van der Waals surface area (Å²) < 4.78 is 5.47. The maximum Gasteiger partial charge on any atom is 0.317 e. The number of hydrogen-bond acceptors (Lipinski definition) is 4. The molecule has 6 heteroatoms. The van der Waals surface area contributed by atoms with Crippen LogP contribution in [0.4, 0.5) is 4.79 Å². The Hall–Kier alpha value is -0.850. The highest BCUT2D eigenvalue weighted by Crippen LogP contribution is 2.17. The second kappa shape index (κ2) is 7.42. The van der Waals surface area contributed by atoms with Crippen LogP contribution in [0.2, 0.25) is 0 Å². The summed E-state index contributed by atoms with van der Waals surface area (Å²) in [5, 5.41) is 3.15. The number of hydrogen-bond donors (Lipinski definition) is 1. The number of nitrogens with one attached hydrogen (secondary N) is 1. The monoisotopic (exact) mass is 298 g/mol. The highest BCUT2D eigenvalue weighted by atomic mass is 16.5. The van der Waals surface area contributed by atoms with E-state index in [2.05, 4.69) is 36.0 Å². The van der Waals surface area contributed by atoms with Crippen LogP contribution >= 0.6 is 0 Å². The molecule has 2 heterocycles. The Labute approximate surface area is 128 Å². The molecule has 0 bridgehead atoms. The van der Waals surface area contributed by atoms with E-state index < -0.39 is 0 Å². The molecular formula is C15H30N4O2. The van der Waals surface area contributed by atoms with Gasteiger partial charge in [-0.15, -0.1) is 0 Å². The van der Waals surface area contributed by atoms with E-state index in [9.17, 15) is 4.79 Å². The first kappa shape index (κ1) is 16.5. The average Bonchev–Trinajstić information content (AvgIpc) is 3.07. The van der Waals surface area contributed by atoms with Crippen molar-refractivity contribution in [1.29, 1.82) is 0 Å². The van der Waals surface area contributed by atoms with Crippen molar-refractivity contribution in [2.24, 2.45) is 0 Å². The molecule has 0 saturated carbocycles. The summed E-state index contributed by atoms with van der Waals surface area (Å²) in [5.74, 6) is 0. The van der Waals surface area contributed by atoms with Gasteiger partial charge >= 0.3 is 6.03 Å². The van der Waals surface area contributed by atoms with Crippen molar-refractivity contribution in [2.75, 3.05) is 53.4 Å². The molecule has 6 nitrogen and oxygen atoms in total. The van der Waals surface area contributed by atoms with Crippen molar-refractivity contribution in [3.63, 3.8) is 0 Å². The minimum Gasteiger partial charge on any atom is -0.378 e. The molecule has 0 spiro atoms. The summed E-state index contributed by atoms with van der Waals surface area (Å²) in [6.45, 7) is 9.90. The van der Waals surface area contributed by atoms with Crippen LogP contribution in [0.3, 0.4) is 0 Å². The lowest BCUT2D eigenvalue weighted by Gasteiger charge is -2.27. The minimum atomic E-state index is 0.0620. The van der Waals surface area contributed by atoms with Gasteiger partial charge in [0.1, 0.15) is 0 Å². The zero-order valence-corrected chi connectivity index (χ0v) is 13.8. The molecule has 21 heavy (non-hydrogen) atoms. The SMILES string of the molecule is CCN(CC)C1CCN(C(=O)N[C@@H]2CN(C)C[C@H]2OC)C1. The van der Waals surface area contributed by atoms with Gasteiger partial charge in [-0.1, -0.05) is 13.8 Å². The van der Waals surface area contributed by atoms with Gasteiger partial charge in [0.15, 0.2) is 0 Å². The predicted molar refractivity (Wildman–Crippen MR) is 83.5 cm³/mol. The predicted octanol–water partition coefficient (Wildman–Crippen LogP) is 0.441. The van der Waals surface area contributed by atoms with E-state index in [1.165, 1.54) is 0 Å². The fourth-order valence-electron chi connectivity index (χ4n) is 3.55. The fraction of sp³-hybridized carbons (Fsp3) is 0.933. The van der Waals surface area contributed by atoms with E-state index in [1.54, 1.807) is 7.11 Å². The molecule has 2 amide bonds. The number of urea groups is 1. The van der Waals surface area contributed by atoms with E-state index in [0.29, 0.717) is 6.04 Å². The van der Waals surface area contributed by atoms with Gasteiger partial charge < -0.3 is 19.9 Å². The minimum absolute atomic E-state index is 0.0620. The highest BCUT2D eigenvalue weighted by molar-refractivity contribution is 5.75. The lowest BCUT2D eigenvalue weighted by atomic mass is 10.2. The Bertz CT molecular complexity index is 349. The Morgan fingerprint density at radius 2 is 2.00 bits per heavy atom. The van der Waals surface area contributed by atoms with Crippen molar-refractivity contribution in [3.05, 3.63) is 0 Å². The molecule has 1 unspecified atom stereocenters. The van der Waals surface area contributed by atoms with E-state index >= 15 is 0 Å². The average molecular weight is 298 g/mol. The van der Waals surface area contributed by atoms with Crippen LogP contribution in [0, 0.1) is 0 Å². The van der Waals surface area contributed by atoms with Gasteiger partial charge in [-0.25, -0.2) is 4.79 Å². The third kappa shape index (κ3) is 3.87. The number of carbonyl (C=O) groups excluding carboxylic acids is 1. The first-order chi connectivity index (χ1) is 10.1. The molecule has 3 atom stereocenters. The second-order valence-electron chi connectivity index (χ2n) is 6.16. The molecule has 0 radical (unpaired) electrons. The molecule has 2 saturated heterocycles. The van der Waals surface area contributed by atoms with Crippen LogP contribution < -0.4 is 5.32 Å². The Balaban J connectivity index is 1.84. The van der Waals surface area contributed by atoms with Crippen molar-refractivity contribution in [2.45, 2.75) is 38.5 Å². The highest BCUT2D eigenvalue weighted by Gasteiger charge is 2.35. The third-order valence-electron chi connectivity index (χ3n) is 4.84. The molecule has 1 N–H and O–H groups in total. The number of rotatable bonds is 5. The van der Waals surface area contributed by atoms with Gasteiger partial charge in [0.05, 0.1) is 12.1 Å². The van der Waals surface area contributed by atoms with Crippen LogP contribution in [-0.2, 0) is 4.74 Å². The zero-order chi connectivity index (χ0) is 15.4. The first-order valence-corrected chi connectivity index (χ1v) is 8.09. The summed E-state index contributed by atoms with van der Waals surface area (Å²) in [6, 6.07) is 0.669. The van der Waals surface area contributed by atoms with Gasteiger partial charge in [0, 0.05) is 39.3 Å². The molecule has 2 aliphatic rings. The maximum absolute atomic E-state index is 12.4. The van der Waals surface area contributed by atoms with Crippen molar-refractivity contribution >= 4 is 6.03 Å². The van der Waals surface area contributed by atoms with E-state index in [4.69, 9.17) is 4.74 Å². The number of amides is 2. The standard InChI is InChI=1S/C15H30N4O2/c1-5-18(6-2)12-7-8-19(9-12)15(20)16-13-10-17(3)11-14(13)21-4/h12-14H,5-11H2,1-4H3,(H,16,20)/t12?,13-,14-/m1/s1. The number of methoxy groups -OCH3 is 1. The van der Waals surface area contributed by atoms with Gasteiger partial charge in [-0.3, -0.25) is 4.90 Å². The van der Waals surface area contributed by atoms with Gasteiger partial charge in [0.25, 0.3) is 0 Å². The summed E-state index contributed by atoms with van der Waals surface area (Å²) in [7, 11) is 3.78. The first-order valence-electron chi connectivity index (χ1n) is 8.09. The number of carbonyl (C=O) groups is 1. The van der Waals surface area contributed by atoms with Crippen LogP contribution in [0.5, 0.6) is 0 Å². The normalized spacial score (nSPS) is 30.3. The third-order valence-corrected chi connectivity index (χ3v) is 4.84. The molecule has 0 aromatic rings. The van der Waals surface area contributed by atoms with Crippen LogP contribution in [-0.4, -0.2) is 92.3 Å². The molecular weight excluding hydrogens is 268 g/mol. The number of likely N-dealkylation sites (N-methyl/N-ethyl adjacent to an activating group) is 2. The summed E-state index contributed by atoms with van der Waals surface area (Å²) in [6.07, 6.45) is 1.17. The summed E-state index contributed by atoms with van der Waals surface area (Å²) in [4.78, 5) is 19.0. The molecule has 122 valence electrons. The summed E-state index contributed by atoms with van der Waals surface area (Å²) >= 11 is 0.